The molecule has 1 aromatic heterocycles. The van der Waals surface area contributed by atoms with Crippen LogP contribution in [0.15, 0.2) is 42.7 Å². The van der Waals surface area contributed by atoms with Crippen LogP contribution in [0.5, 0.6) is 0 Å². The zero-order valence-corrected chi connectivity index (χ0v) is 11.2. The highest BCUT2D eigenvalue weighted by Crippen LogP contribution is 2.15. The van der Waals surface area contributed by atoms with Gasteiger partial charge in [0.1, 0.15) is 0 Å². The van der Waals surface area contributed by atoms with Crippen molar-refractivity contribution >= 4 is 11.6 Å². The highest BCUT2D eigenvalue weighted by Gasteiger charge is 2.23. The minimum atomic E-state index is -0.0347. The van der Waals surface area contributed by atoms with E-state index in [1.54, 1.807) is 6.20 Å². The number of benzene rings is 1. The number of anilines is 1. The first-order valence-corrected chi connectivity index (χ1v) is 6.76. The van der Waals surface area contributed by atoms with Gasteiger partial charge in [0.05, 0.1) is 31.0 Å². The van der Waals surface area contributed by atoms with Crippen LogP contribution >= 0.6 is 0 Å². The number of nitrogens with one attached hydrogen (secondary N) is 1. The fourth-order valence-corrected chi connectivity index (χ4v) is 2.27. The van der Waals surface area contributed by atoms with E-state index in [-0.39, 0.29) is 11.8 Å². The summed E-state index contributed by atoms with van der Waals surface area (Å²) in [4.78, 5) is 12.0. The first kappa shape index (κ1) is 12.9. The second-order valence-electron chi connectivity index (χ2n) is 4.96. The normalized spacial score (nSPS) is 18.1. The Labute approximate surface area is 117 Å². The molecule has 0 radical (unpaired) electrons. The lowest BCUT2D eigenvalue weighted by Gasteiger charge is -2.06. The summed E-state index contributed by atoms with van der Waals surface area (Å²) in [5, 5.41) is 7.15. The van der Waals surface area contributed by atoms with Crippen molar-refractivity contribution in [2.45, 2.75) is 13.0 Å². The first-order valence-electron chi connectivity index (χ1n) is 6.76. The van der Waals surface area contributed by atoms with Crippen molar-refractivity contribution in [3.63, 3.8) is 0 Å². The maximum absolute atomic E-state index is 12.0. The Balaban J connectivity index is 1.60. The van der Waals surface area contributed by atoms with Crippen LogP contribution < -0.4 is 5.32 Å². The summed E-state index contributed by atoms with van der Waals surface area (Å²) in [7, 11) is 0. The Hall–Kier alpha value is -2.14. The monoisotopic (exact) mass is 271 g/mol. The van der Waals surface area contributed by atoms with E-state index < -0.39 is 0 Å². The van der Waals surface area contributed by atoms with Crippen LogP contribution in [0.1, 0.15) is 12.0 Å². The minimum absolute atomic E-state index is 0.0155. The minimum Gasteiger partial charge on any atom is -0.381 e. The van der Waals surface area contributed by atoms with Gasteiger partial charge in [-0.2, -0.15) is 5.10 Å². The molecule has 0 bridgehead atoms. The van der Waals surface area contributed by atoms with Gasteiger partial charge in [-0.05, 0) is 12.0 Å². The van der Waals surface area contributed by atoms with Gasteiger partial charge in [-0.3, -0.25) is 9.48 Å². The van der Waals surface area contributed by atoms with Crippen molar-refractivity contribution in [3.8, 4) is 0 Å². The predicted molar refractivity (Wildman–Crippen MR) is 75.3 cm³/mol. The Kier molecular flexibility index (Phi) is 3.78. The summed E-state index contributed by atoms with van der Waals surface area (Å²) >= 11 is 0. The lowest BCUT2D eigenvalue weighted by molar-refractivity contribution is -0.119. The molecule has 1 aliphatic heterocycles. The van der Waals surface area contributed by atoms with Crippen molar-refractivity contribution < 1.29 is 9.53 Å². The van der Waals surface area contributed by atoms with Gasteiger partial charge in [0, 0.05) is 12.8 Å². The average molecular weight is 271 g/mol. The van der Waals surface area contributed by atoms with Crippen LogP contribution in [0.3, 0.4) is 0 Å². The molecule has 5 nitrogen and oxygen atoms in total. The largest absolute Gasteiger partial charge is 0.381 e. The summed E-state index contributed by atoms with van der Waals surface area (Å²) in [5.74, 6) is -0.0192. The number of hydrogen-bond donors (Lipinski definition) is 1. The van der Waals surface area contributed by atoms with Crippen LogP contribution in [-0.4, -0.2) is 28.9 Å². The molecule has 1 unspecified atom stereocenters. The van der Waals surface area contributed by atoms with E-state index in [2.05, 4.69) is 22.5 Å². The first-order chi connectivity index (χ1) is 9.81. The van der Waals surface area contributed by atoms with Gasteiger partial charge in [0.15, 0.2) is 0 Å². The van der Waals surface area contributed by atoms with Crippen molar-refractivity contribution in [1.82, 2.24) is 9.78 Å². The molecule has 1 atom stereocenters. The third-order valence-corrected chi connectivity index (χ3v) is 3.39. The van der Waals surface area contributed by atoms with Crippen molar-refractivity contribution in [2.75, 3.05) is 18.5 Å². The quantitative estimate of drug-likeness (QED) is 0.924. The zero-order valence-electron chi connectivity index (χ0n) is 11.2. The van der Waals surface area contributed by atoms with Crippen molar-refractivity contribution in [2.24, 2.45) is 5.92 Å². The number of hydrogen-bond acceptors (Lipinski definition) is 3. The number of nitrogens with zero attached hydrogens (tertiary/aromatic N) is 2. The van der Waals surface area contributed by atoms with E-state index in [0.717, 1.165) is 12.1 Å². The molecule has 0 saturated carbocycles. The smallest absolute Gasteiger partial charge is 0.229 e. The fraction of sp³-hybridized carbons (Fsp3) is 0.333. The third kappa shape index (κ3) is 3.05. The molecule has 0 aliphatic carbocycles. The molecule has 0 spiro atoms. The highest BCUT2D eigenvalue weighted by molar-refractivity contribution is 5.92. The number of carbonyl (C=O) groups excluding carboxylic acids is 1. The molecule has 1 amide bonds. The van der Waals surface area contributed by atoms with Gasteiger partial charge in [-0.1, -0.05) is 30.3 Å². The van der Waals surface area contributed by atoms with Crippen LogP contribution in [-0.2, 0) is 16.1 Å². The fourth-order valence-electron chi connectivity index (χ4n) is 2.27. The molecular weight excluding hydrogens is 254 g/mol. The van der Waals surface area contributed by atoms with Gasteiger partial charge in [0.2, 0.25) is 5.91 Å². The Morgan fingerprint density at radius 1 is 1.40 bits per heavy atom. The van der Waals surface area contributed by atoms with Crippen molar-refractivity contribution in [1.29, 1.82) is 0 Å². The van der Waals surface area contributed by atoms with Crippen LogP contribution in [0.4, 0.5) is 5.69 Å². The molecule has 1 N–H and O–H groups in total. The van der Waals surface area contributed by atoms with E-state index in [1.165, 1.54) is 5.56 Å². The summed E-state index contributed by atoms with van der Waals surface area (Å²) < 4.78 is 7.03. The molecule has 20 heavy (non-hydrogen) atoms. The van der Waals surface area contributed by atoms with E-state index in [4.69, 9.17) is 4.74 Å². The zero-order chi connectivity index (χ0) is 13.8. The molecule has 104 valence electrons. The number of carbonyl (C=O) groups is 1. The van der Waals surface area contributed by atoms with E-state index in [0.29, 0.717) is 19.8 Å². The molecule has 5 heteroatoms. The van der Waals surface area contributed by atoms with Gasteiger partial charge in [0.25, 0.3) is 0 Å². The summed E-state index contributed by atoms with van der Waals surface area (Å²) in [6.45, 7) is 1.89. The summed E-state index contributed by atoms with van der Waals surface area (Å²) in [6, 6.07) is 10.1. The van der Waals surface area contributed by atoms with Gasteiger partial charge < -0.3 is 10.1 Å². The molecular formula is C15H17N3O2. The Morgan fingerprint density at radius 2 is 2.25 bits per heavy atom. The summed E-state index contributed by atoms with van der Waals surface area (Å²) in [6.07, 6.45) is 4.32. The second-order valence-corrected chi connectivity index (χ2v) is 4.96. The number of aromatic nitrogens is 2. The number of amides is 1. The molecule has 1 saturated heterocycles. The highest BCUT2D eigenvalue weighted by atomic mass is 16.5. The van der Waals surface area contributed by atoms with E-state index in [9.17, 15) is 4.79 Å². The topological polar surface area (TPSA) is 56.2 Å². The van der Waals surface area contributed by atoms with Crippen LogP contribution in [0.2, 0.25) is 0 Å². The van der Waals surface area contributed by atoms with E-state index in [1.807, 2.05) is 29.1 Å². The molecule has 2 heterocycles. The molecule has 3 rings (SSSR count). The Bertz CT molecular complexity index is 574. The average Bonchev–Trinajstić information content (AvgIpc) is 3.11. The molecule has 1 fully saturated rings. The van der Waals surface area contributed by atoms with Gasteiger partial charge in [-0.25, -0.2) is 0 Å². The molecule has 2 aromatic rings. The third-order valence-electron chi connectivity index (χ3n) is 3.39. The van der Waals surface area contributed by atoms with Crippen LogP contribution in [0, 0.1) is 5.92 Å². The maximum Gasteiger partial charge on any atom is 0.229 e. The van der Waals surface area contributed by atoms with Gasteiger partial charge >= 0.3 is 0 Å². The maximum atomic E-state index is 12.0. The van der Waals surface area contributed by atoms with Gasteiger partial charge in [-0.15, -0.1) is 0 Å². The van der Waals surface area contributed by atoms with E-state index >= 15 is 0 Å². The Morgan fingerprint density at radius 3 is 3.00 bits per heavy atom. The lowest BCUT2D eigenvalue weighted by Crippen LogP contribution is -2.22. The molecule has 1 aliphatic rings. The van der Waals surface area contributed by atoms with Crippen LogP contribution in [0.25, 0.3) is 0 Å². The standard InChI is InChI=1S/C15H17N3O2/c19-15(13-6-7-20-11-13)17-14-8-16-18(10-14)9-12-4-2-1-3-5-12/h1-5,8,10,13H,6-7,9,11H2,(H,17,19). The molecule has 1 aromatic carbocycles. The number of rotatable bonds is 4. The predicted octanol–water partition coefficient (Wildman–Crippen LogP) is 1.91. The number of ether oxygens (including phenoxy) is 1. The second kappa shape index (κ2) is 5.88. The SMILES string of the molecule is O=C(Nc1cnn(Cc2ccccc2)c1)C1CCOC1. The summed E-state index contributed by atoms with van der Waals surface area (Å²) in [5.41, 5.74) is 1.91. The van der Waals surface area contributed by atoms with Crippen molar-refractivity contribution in [3.05, 3.63) is 48.3 Å². The lowest BCUT2D eigenvalue weighted by atomic mass is 10.1.